The molecule has 0 radical (unpaired) electrons. The van der Waals surface area contributed by atoms with Crippen LogP contribution in [0.25, 0.3) is 0 Å². The average molecular weight is 501 g/mol. The molecular formula is C27H33ClN2O5. The normalized spacial score (nSPS) is 17.4. The number of carbonyl (C=O) groups is 2. The lowest BCUT2D eigenvalue weighted by atomic mass is 9.77. The molecular weight excluding hydrogens is 468 g/mol. The third kappa shape index (κ3) is 5.20. The quantitative estimate of drug-likeness (QED) is 0.576. The summed E-state index contributed by atoms with van der Waals surface area (Å²) in [6, 6.07) is 12.4. The molecule has 0 bridgehead atoms. The molecule has 0 aromatic heterocycles. The summed E-state index contributed by atoms with van der Waals surface area (Å²) >= 11 is 6.23. The number of benzene rings is 2. The second-order valence-electron chi connectivity index (χ2n) is 9.88. The topological polar surface area (TPSA) is 68.3 Å². The van der Waals surface area contributed by atoms with Gasteiger partial charge in [0.15, 0.2) is 5.60 Å². The van der Waals surface area contributed by atoms with Gasteiger partial charge in [-0.25, -0.2) is 0 Å². The van der Waals surface area contributed by atoms with Crippen LogP contribution in [-0.4, -0.2) is 67.6 Å². The number of carbonyl (C=O) groups excluding carboxylic acids is 2. The summed E-state index contributed by atoms with van der Waals surface area (Å²) < 4.78 is 16.7. The molecule has 188 valence electrons. The summed E-state index contributed by atoms with van der Waals surface area (Å²) in [6.45, 7) is 6.21. The molecule has 8 heteroatoms. The number of ether oxygens (including phenoxy) is 3. The van der Waals surface area contributed by atoms with E-state index in [-0.39, 0.29) is 17.2 Å². The van der Waals surface area contributed by atoms with Crippen molar-refractivity contribution >= 4 is 23.4 Å². The van der Waals surface area contributed by atoms with Crippen LogP contribution in [0.2, 0.25) is 5.02 Å². The Balaban J connectivity index is 1.39. The van der Waals surface area contributed by atoms with E-state index in [4.69, 9.17) is 25.8 Å². The Kier molecular flexibility index (Phi) is 7.17. The summed E-state index contributed by atoms with van der Waals surface area (Å²) in [6.07, 6.45) is 2.62. The maximum Gasteiger partial charge on any atom is 0.266 e. The van der Waals surface area contributed by atoms with Crippen molar-refractivity contribution in [2.45, 2.75) is 38.7 Å². The van der Waals surface area contributed by atoms with E-state index in [1.165, 1.54) is 0 Å². The van der Waals surface area contributed by atoms with Crippen LogP contribution in [0.4, 0.5) is 0 Å². The van der Waals surface area contributed by atoms with Gasteiger partial charge in [-0.2, -0.15) is 0 Å². The molecule has 0 saturated carbocycles. The third-order valence-electron chi connectivity index (χ3n) is 7.19. The van der Waals surface area contributed by atoms with Crippen molar-refractivity contribution in [3.8, 4) is 17.2 Å². The van der Waals surface area contributed by atoms with E-state index in [2.05, 4.69) is 0 Å². The molecule has 2 fully saturated rings. The van der Waals surface area contributed by atoms with Crippen molar-refractivity contribution in [3.63, 3.8) is 0 Å². The van der Waals surface area contributed by atoms with Crippen LogP contribution < -0.4 is 14.2 Å². The second kappa shape index (κ2) is 9.97. The molecule has 2 aliphatic rings. The number of halogens is 1. The maximum absolute atomic E-state index is 13.4. The van der Waals surface area contributed by atoms with Crippen molar-refractivity contribution in [3.05, 3.63) is 53.1 Å². The number of hydrogen-bond donors (Lipinski definition) is 0. The Hall–Kier alpha value is -2.93. The monoisotopic (exact) mass is 500 g/mol. The minimum absolute atomic E-state index is 0.0192. The van der Waals surface area contributed by atoms with E-state index in [1.807, 2.05) is 21.9 Å². The number of amides is 2. The van der Waals surface area contributed by atoms with Crippen molar-refractivity contribution < 1.29 is 23.8 Å². The highest BCUT2D eigenvalue weighted by Gasteiger charge is 2.46. The smallest absolute Gasteiger partial charge is 0.266 e. The molecule has 7 nitrogen and oxygen atoms in total. The van der Waals surface area contributed by atoms with E-state index in [0.717, 1.165) is 19.3 Å². The van der Waals surface area contributed by atoms with Crippen LogP contribution in [0, 0.1) is 5.41 Å². The summed E-state index contributed by atoms with van der Waals surface area (Å²) in [7, 11) is 3.14. The van der Waals surface area contributed by atoms with E-state index in [0.29, 0.717) is 54.0 Å². The lowest BCUT2D eigenvalue weighted by Crippen LogP contribution is -2.50. The van der Waals surface area contributed by atoms with Crippen LogP contribution in [0.3, 0.4) is 0 Å². The summed E-state index contributed by atoms with van der Waals surface area (Å²) in [5, 5.41) is 0.482. The Morgan fingerprint density at radius 3 is 2.20 bits per heavy atom. The molecule has 0 N–H and O–H groups in total. The lowest BCUT2D eigenvalue weighted by Gasteiger charge is -2.40. The van der Waals surface area contributed by atoms with E-state index in [9.17, 15) is 9.59 Å². The van der Waals surface area contributed by atoms with Crippen LogP contribution >= 0.6 is 11.6 Å². The van der Waals surface area contributed by atoms with Gasteiger partial charge in [0.1, 0.15) is 17.2 Å². The SMILES string of the molecule is COc1ccc(OC)c(C(=O)N2CCC3(CC2)CCN(C(=O)C(C)(C)Oc2ccccc2Cl)C3)c1. The molecule has 2 aromatic carbocycles. The fourth-order valence-corrected chi connectivity index (χ4v) is 5.25. The number of para-hydroxylation sites is 1. The number of piperidine rings is 1. The standard InChI is InChI=1S/C27H33ClN2O5/c1-26(2,35-23-8-6-5-7-21(23)28)25(32)30-16-13-27(18-30)11-14-29(15-12-27)24(31)20-17-19(33-3)9-10-22(20)34-4/h5-10,17H,11-16,18H2,1-4H3. The minimum atomic E-state index is -1.03. The zero-order chi connectivity index (χ0) is 25.2. The van der Waals surface area contributed by atoms with Crippen LogP contribution in [0.5, 0.6) is 17.2 Å². The molecule has 2 amide bonds. The van der Waals surface area contributed by atoms with Crippen molar-refractivity contribution in [2.75, 3.05) is 40.4 Å². The van der Waals surface area contributed by atoms with Gasteiger partial charge in [-0.15, -0.1) is 0 Å². The lowest BCUT2D eigenvalue weighted by molar-refractivity contribution is -0.144. The van der Waals surface area contributed by atoms with Gasteiger partial charge in [-0.3, -0.25) is 9.59 Å². The average Bonchev–Trinajstić information content (AvgIpc) is 3.27. The molecule has 1 spiro atoms. The molecule has 35 heavy (non-hydrogen) atoms. The van der Waals surface area contributed by atoms with Crippen molar-refractivity contribution in [1.82, 2.24) is 9.80 Å². The molecule has 0 aliphatic carbocycles. The fraction of sp³-hybridized carbons (Fsp3) is 0.481. The Labute approximate surface area is 211 Å². The van der Waals surface area contributed by atoms with E-state index < -0.39 is 5.60 Å². The van der Waals surface area contributed by atoms with Gasteiger partial charge < -0.3 is 24.0 Å². The van der Waals surface area contributed by atoms with Crippen LogP contribution in [-0.2, 0) is 4.79 Å². The highest BCUT2D eigenvalue weighted by molar-refractivity contribution is 6.32. The first-order valence-corrected chi connectivity index (χ1v) is 12.3. The van der Waals surface area contributed by atoms with Crippen molar-refractivity contribution in [1.29, 1.82) is 0 Å². The predicted octanol–water partition coefficient (Wildman–Crippen LogP) is 4.67. The fourth-order valence-electron chi connectivity index (χ4n) is 5.08. The summed E-state index contributed by atoms with van der Waals surface area (Å²) in [5.41, 5.74) is -0.508. The summed E-state index contributed by atoms with van der Waals surface area (Å²) in [4.78, 5) is 30.4. The first kappa shape index (κ1) is 25.2. The number of likely N-dealkylation sites (tertiary alicyclic amines) is 2. The Morgan fingerprint density at radius 1 is 0.914 bits per heavy atom. The molecule has 0 atom stereocenters. The largest absolute Gasteiger partial charge is 0.497 e. The first-order chi connectivity index (χ1) is 16.7. The van der Waals surface area contributed by atoms with Gasteiger partial charge in [0.2, 0.25) is 0 Å². The Bertz CT molecular complexity index is 1090. The van der Waals surface area contributed by atoms with E-state index >= 15 is 0 Å². The molecule has 2 heterocycles. The maximum atomic E-state index is 13.4. The first-order valence-electron chi connectivity index (χ1n) is 11.9. The number of nitrogens with zero attached hydrogens (tertiary/aromatic N) is 2. The molecule has 2 aromatic rings. The highest BCUT2D eigenvalue weighted by Crippen LogP contribution is 2.42. The molecule has 2 aliphatic heterocycles. The van der Waals surface area contributed by atoms with E-state index in [1.54, 1.807) is 58.4 Å². The molecule has 2 saturated heterocycles. The Morgan fingerprint density at radius 2 is 1.57 bits per heavy atom. The van der Waals surface area contributed by atoms with Gasteiger partial charge in [0, 0.05) is 26.2 Å². The third-order valence-corrected chi connectivity index (χ3v) is 7.50. The van der Waals surface area contributed by atoms with Gasteiger partial charge in [-0.1, -0.05) is 23.7 Å². The summed E-state index contributed by atoms with van der Waals surface area (Å²) in [5.74, 6) is 1.55. The van der Waals surface area contributed by atoms with Crippen LogP contribution in [0.15, 0.2) is 42.5 Å². The minimum Gasteiger partial charge on any atom is -0.497 e. The zero-order valence-corrected chi connectivity index (χ0v) is 21.6. The second-order valence-corrected chi connectivity index (χ2v) is 10.3. The predicted molar refractivity (Wildman–Crippen MR) is 134 cm³/mol. The highest BCUT2D eigenvalue weighted by atomic mass is 35.5. The molecule has 4 rings (SSSR count). The van der Waals surface area contributed by atoms with Gasteiger partial charge in [0.05, 0.1) is 24.8 Å². The zero-order valence-electron chi connectivity index (χ0n) is 20.8. The van der Waals surface area contributed by atoms with Gasteiger partial charge >= 0.3 is 0 Å². The number of hydrogen-bond acceptors (Lipinski definition) is 5. The van der Waals surface area contributed by atoms with Gasteiger partial charge in [0.25, 0.3) is 11.8 Å². The molecule has 0 unspecified atom stereocenters. The van der Waals surface area contributed by atoms with Crippen molar-refractivity contribution in [2.24, 2.45) is 5.41 Å². The number of methoxy groups -OCH3 is 2. The van der Waals surface area contributed by atoms with Crippen LogP contribution in [0.1, 0.15) is 43.5 Å². The van der Waals surface area contributed by atoms with Gasteiger partial charge in [-0.05, 0) is 68.9 Å². The number of rotatable bonds is 6.